The molecule has 13 heteroatoms. The Hall–Kier alpha value is -4.20. The van der Waals surface area contributed by atoms with Gasteiger partial charge in [-0.15, -0.1) is 0 Å². The van der Waals surface area contributed by atoms with E-state index in [9.17, 15) is 18.4 Å². The Morgan fingerprint density at radius 1 is 0.959 bits per heavy atom. The van der Waals surface area contributed by atoms with Crippen LogP contribution < -0.4 is 16.0 Å². The number of carbonyl (C=O) groups excluding carboxylic acids is 1. The van der Waals surface area contributed by atoms with Gasteiger partial charge in [0.25, 0.3) is 5.56 Å². The maximum absolute atomic E-state index is 14.7. The first kappa shape index (κ1) is 36.1. The lowest BCUT2D eigenvalue weighted by molar-refractivity contribution is 0.0135. The van der Waals surface area contributed by atoms with Crippen LogP contribution in [0.15, 0.2) is 53.5 Å². The largest absolute Gasteiger partial charge is 0.454 e. The van der Waals surface area contributed by atoms with Gasteiger partial charge in [-0.25, -0.2) is 13.6 Å². The summed E-state index contributed by atoms with van der Waals surface area (Å²) in [6.45, 7) is 16.0. The molecule has 1 amide bonds. The number of aromatic nitrogens is 2. The molecule has 3 heterocycles. The standard InChI is InChI=1S/C36H47F2N5O5Si/c1-36(2,3)48-35(45)42-14-12-41(13-15-42)21-26-20-28-33(43(26)23-46-16-17-49(5,6)7)29(22-40(4)34(28)44)27-19-25(39)9-11-31(27)47-32-10-8-24(37)18-30(32)38/h8-11,18-20,22H,12-17,21,23,39H2,1-7H3. The molecular weight excluding hydrogens is 649 g/mol. The molecule has 1 aliphatic rings. The number of benzene rings is 2. The van der Waals surface area contributed by atoms with E-state index >= 15 is 0 Å². The number of carbonyl (C=O) groups is 1. The van der Waals surface area contributed by atoms with E-state index in [4.69, 9.17) is 19.9 Å². The van der Waals surface area contributed by atoms with Crippen LogP contribution in [0.5, 0.6) is 11.5 Å². The van der Waals surface area contributed by atoms with E-state index in [1.54, 1.807) is 36.3 Å². The zero-order valence-electron chi connectivity index (χ0n) is 29.4. The lowest BCUT2D eigenvalue weighted by Gasteiger charge is -2.35. The van der Waals surface area contributed by atoms with Gasteiger partial charge in [0.15, 0.2) is 11.6 Å². The van der Waals surface area contributed by atoms with E-state index in [1.165, 1.54) is 10.6 Å². The van der Waals surface area contributed by atoms with Crippen molar-refractivity contribution in [1.82, 2.24) is 18.9 Å². The van der Waals surface area contributed by atoms with Gasteiger partial charge in [-0.2, -0.15) is 0 Å². The number of nitrogen functional groups attached to an aromatic ring is 1. The van der Waals surface area contributed by atoms with Gasteiger partial charge in [-0.05, 0) is 63.2 Å². The summed E-state index contributed by atoms with van der Waals surface area (Å²) in [5.74, 6) is -1.42. The predicted octanol–water partition coefficient (Wildman–Crippen LogP) is 7.02. The molecule has 2 N–H and O–H groups in total. The van der Waals surface area contributed by atoms with Crippen LogP contribution in [0.3, 0.4) is 0 Å². The summed E-state index contributed by atoms with van der Waals surface area (Å²) in [5.41, 5.74) is 8.62. The third-order valence-corrected chi connectivity index (χ3v) is 10.0. The minimum absolute atomic E-state index is 0.148. The first-order valence-electron chi connectivity index (χ1n) is 16.5. The van der Waals surface area contributed by atoms with Gasteiger partial charge in [-0.1, -0.05) is 19.6 Å². The van der Waals surface area contributed by atoms with Crippen molar-refractivity contribution < 1.29 is 27.8 Å². The summed E-state index contributed by atoms with van der Waals surface area (Å²) in [4.78, 5) is 30.3. The molecule has 1 aliphatic heterocycles. The molecule has 10 nitrogen and oxygen atoms in total. The highest BCUT2D eigenvalue weighted by atomic mass is 28.3. The van der Waals surface area contributed by atoms with Gasteiger partial charge < -0.3 is 34.0 Å². The van der Waals surface area contributed by atoms with E-state index < -0.39 is 25.3 Å². The van der Waals surface area contributed by atoms with Crippen LogP contribution in [0.1, 0.15) is 26.5 Å². The molecule has 1 saturated heterocycles. The van der Waals surface area contributed by atoms with Crippen molar-refractivity contribution in [1.29, 1.82) is 0 Å². The third-order valence-electron chi connectivity index (χ3n) is 8.35. The minimum atomic E-state index is -1.37. The highest BCUT2D eigenvalue weighted by molar-refractivity contribution is 6.76. The number of nitrogens with two attached hydrogens (primary N) is 1. The molecule has 4 aromatic rings. The van der Waals surface area contributed by atoms with Gasteiger partial charge in [0.1, 0.15) is 23.9 Å². The fourth-order valence-electron chi connectivity index (χ4n) is 5.74. The van der Waals surface area contributed by atoms with Crippen molar-refractivity contribution >= 4 is 30.8 Å². The summed E-state index contributed by atoms with van der Waals surface area (Å²) in [7, 11) is 0.301. The first-order chi connectivity index (χ1) is 23.0. The molecule has 0 atom stereocenters. The average molecular weight is 696 g/mol. The molecular formula is C36H47F2N5O5Si. The zero-order valence-corrected chi connectivity index (χ0v) is 30.4. The summed E-state index contributed by atoms with van der Waals surface area (Å²) < 4.78 is 49.8. The van der Waals surface area contributed by atoms with Gasteiger partial charge in [0, 0.05) is 89.2 Å². The topological polar surface area (TPSA) is 104 Å². The molecule has 49 heavy (non-hydrogen) atoms. The fraction of sp³-hybridized carbons (Fsp3) is 0.444. The number of halogens is 2. The van der Waals surface area contributed by atoms with Crippen LogP contribution >= 0.6 is 0 Å². The number of piperazine rings is 1. The smallest absolute Gasteiger partial charge is 0.410 e. The molecule has 0 aliphatic carbocycles. The van der Waals surface area contributed by atoms with E-state index in [2.05, 4.69) is 24.5 Å². The van der Waals surface area contributed by atoms with Gasteiger partial charge >= 0.3 is 6.09 Å². The average Bonchev–Trinajstić information content (AvgIpc) is 3.36. The van der Waals surface area contributed by atoms with Crippen LogP contribution in [0, 0.1) is 11.6 Å². The summed E-state index contributed by atoms with van der Waals surface area (Å²) in [5, 5.41) is 0.484. The summed E-state index contributed by atoms with van der Waals surface area (Å²) in [6.07, 6.45) is 1.39. The van der Waals surface area contributed by atoms with Crippen LogP contribution in [0.25, 0.3) is 22.0 Å². The Morgan fingerprint density at radius 2 is 1.65 bits per heavy atom. The number of nitrogens with zero attached hydrogens (tertiary/aromatic N) is 4. The number of rotatable bonds is 10. The zero-order chi connectivity index (χ0) is 35.7. The molecule has 0 unspecified atom stereocenters. The summed E-state index contributed by atoms with van der Waals surface area (Å²) in [6, 6.07) is 11.0. The van der Waals surface area contributed by atoms with Crippen molar-refractivity contribution in [2.75, 3.05) is 38.5 Å². The SMILES string of the molecule is Cn1cc(-c2cc(N)ccc2Oc2ccc(F)cc2F)c2c(cc(CN3CCN(C(=O)OC(C)(C)C)CC3)n2COCC[Si](C)(C)C)c1=O. The number of anilines is 1. The van der Waals surface area contributed by atoms with Crippen LogP contribution in [0.4, 0.5) is 19.3 Å². The number of hydrogen-bond donors (Lipinski definition) is 1. The van der Waals surface area contributed by atoms with Gasteiger partial charge in [0.05, 0.1) is 10.9 Å². The second-order valence-corrected chi connectivity index (χ2v) is 20.4. The minimum Gasteiger partial charge on any atom is -0.454 e. The van der Waals surface area contributed by atoms with Crippen LogP contribution in [-0.4, -0.2) is 71.5 Å². The normalized spacial score (nSPS) is 14.4. The van der Waals surface area contributed by atoms with E-state index in [0.717, 1.165) is 23.9 Å². The molecule has 1 fully saturated rings. The van der Waals surface area contributed by atoms with E-state index in [1.807, 2.05) is 31.4 Å². The first-order valence-corrected chi connectivity index (χ1v) is 20.2. The van der Waals surface area contributed by atoms with Gasteiger partial charge in [-0.3, -0.25) is 9.69 Å². The number of hydrogen-bond acceptors (Lipinski definition) is 7. The van der Waals surface area contributed by atoms with E-state index in [-0.39, 0.29) is 29.9 Å². The molecule has 2 aromatic heterocycles. The molecule has 5 rings (SSSR count). The Labute approximate surface area is 287 Å². The molecule has 0 radical (unpaired) electrons. The van der Waals surface area contributed by atoms with Gasteiger partial charge in [0.2, 0.25) is 0 Å². The maximum Gasteiger partial charge on any atom is 0.410 e. The Morgan fingerprint density at radius 3 is 2.31 bits per heavy atom. The number of amides is 1. The second-order valence-electron chi connectivity index (χ2n) is 14.8. The molecule has 0 saturated carbocycles. The number of fused-ring (bicyclic) bond motifs is 1. The second kappa shape index (κ2) is 14.3. The number of aryl methyl sites for hydroxylation is 1. The molecule has 0 spiro atoms. The van der Waals surface area contributed by atoms with Crippen LogP contribution in [0.2, 0.25) is 25.7 Å². The quantitative estimate of drug-likeness (QED) is 0.108. The van der Waals surface area contributed by atoms with Crippen molar-refractivity contribution in [3.05, 3.63) is 76.3 Å². The fourth-order valence-corrected chi connectivity index (χ4v) is 6.49. The monoisotopic (exact) mass is 695 g/mol. The predicted molar refractivity (Wildman–Crippen MR) is 191 cm³/mol. The maximum atomic E-state index is 14.7. The Kier molecular flexibility index (Phi) is 10.6. The molecule has 2 aromatic carbocycles. The van der Waals surface area contributed by atoms with Crippen molar-refractivity contribution in [2.45, 2.75) is 65.3 Å². The highest BCUT2D eigenvalue weighted by Gasteiger charge is 2.28. The molecule has 264 valence electrons. The molecule has 0 bridgehead atoms. The highest BCUT2D eigenvalue weighted by Crippen LogP contribution is 2.39. The van der Waals surface area contributed by atoms with E-state index in [0.29, 0.717) is 67.0 Å². The lowest BCUT2D eigenvalue weighted by atomic mass is 10.0. The van der Waals surface area contributed by atoms with Crippen molar-refractivity contribution in [3.8, 4) is 22.6 Å². The third kappa shape index (κ3) is 8.89. The van der Waals surface area contributed by atoms with Crippen molar-refractivity contribution in [3.63, 3.8) is 0 Å². The van der Waals surface area contributed by atoms with Crippen LogP contribution in [-0.2, 0) is 29.8 Å². The van der Waals surface area contributed by atoms with Crippen molar-refractivity contribution in [2.24, 2.45) is 7.05 Å². The summed E-state index contributed by atoms with van der Waals surface area (Å²) >= 11 is 0. The lowest BCUT2D eigenvalue weighted by Crippen LogP contribution is -2.49. The Balaban J connectivity index is 1.55. The number of ether oxygens (including phenoxy) is 3. The number of pyridine rings is 1. The Bertz CT molecular complexity index is 1890.